The first-order valence-electron chi connectivity index (χ1n) is 9.72. The molecule has 7 heteroatoms. The molecular formula is C21H31BrIN5. The van der Waals surface area contributed by atoms with Gasteiger partial charge in [-0.25, -0.2) is 0 Å². The normalized spacial score (nSPS) is 15.1. The van der Waals surface area contributed by atoms with Gasteiger partial charge in [-0.15, -0.1) is 24.0 Å². The van der Waals surface area contributed by atoms with E-state index in [4.69, 9.17) is 4.99 Å². The SMILES string of the molecule is CCNC(=NCC1(c2cccc(Br)c2)CC1)NCCc1c(C)nn(C)c1C.I. The van der Waals surface area contributed by atoms with E-state index in [1.54, 1.807) is 0 Å². The number of rotatable bonds is 7. The first-order valence-corrected chi connectivity index (χ1v) is 10.5. The molecule has 1 aliphatic carbocycles. The summed E-state index contributed by atoms with van der Waals surface area (Å²) >= 11 is 3.59. The third-order valence-electron chi connectivity index (χ3n) is 5.50. The van der Waals surface area contributed by atoms with Gasteiger partial charge in [0.2, 0.25) is 0 Å². The lowest BCUT2D eigenvalue weighted by Crippen LogP contribution is -2.39. The third kappa shape index (κ3) is 5.49. The summed E-state index contributed by atoms with van der Waals surface area (Å²) in [6.07, 6.45) is 3.37. The molecular weight excluding hydrogens is 529 g/mol. The molecule has 0 aliphatic heterocycles. The van der Waals surface area contributed by atoms with Gasteiger partial charge in [0.05, 0.1) is 12.2 Å². The first kappa shape index (κ1) is 23.2. The summed E-state index contributed by atoms with van der Waals surface area (Å²) in [6, 6.07) is 8.65. The van der Waals surface area contributed by atoms with Crippen LogP contribution in [0.1, 0.15) is 42.3 Å². The highest BCUT2D eigenvalue weighted by atomic mass is 127. The Hall–Kier alpha value is -1.09. The van der Waals surface area contributed by atoms with Gasteiger partial charge in [-0.3, -0.25) is 9.67 Å². The van der Waals surface area contributed by atoms with Crippen molar-refractivity contribution in [2.24, 2.45) is 12.0 Å². The Morgan fingerprint density at radius 2 is 2.04 bits per heavy atom. The van der Waals surface area contributed by atoms with Crippen LogP contribution in [0.5, 0.6) is 0 Å². The van der Waals surface area contributed by atoms with E-state index in [0.29, 0.717) is 0 Å². The van der Waals surface area contributed by atoms with E-state index in [0.717, 1.165) is 42.2 Å². The Labute approximate surface area is 193 Å². The second-order valence-electron chi connectivity index (χ2n) is 7.44. The molecule has 5 nitrogen and oxygen atoms in total. The summed E-state index contributed by atoms with van der Waals surface area (Å²) in [6.45, 7) is 8.85. The predicted octanol–water partition coefficient (Wildman–Crippen LogP) is 4.25. The summed E-state index contributed by atoms with van der Waals surface area (Å²) in [5.41, 5.74) is 5.28. The smallest absolute Gasteiger partial charge is 0.191 e. The molecule has 0 saturated heterocycles. The molecule has 0 amide bonds. The number of halogens is 2. The number of benzene rings is 1. The minimum atomic E-state index is 0. The van der Waals surface area contributed by atoms with Crippen molar-refractivity contribution >= 4 is 45.9 Å². The second kappa shape index (κ2) is 10.1. The molecule has 0 atom stereocenters. The Morgan fingerprint density at radius 1 is 1.29 bits per heavy atom. The van der Waals surface area contributed by atoms with Crippen LogP contribution in [0.15, 0.2) is 33.7 Å². The van der Waals surface area contributed by atoms with Gasteiger partial charge in [0.25, 0.3) is 0 Å². The van der Waals surface area contributed by atoms with E-state index in [9.17, 15) is 0 Å². The fourth-order valence-electron chi connectivity index (χ4n) is 3.56. The van der Waals surface area contributed by atoms with Gasteiger partial charge in [0.15, 0.2) is 5.96 Å². The highest BCUT2D eigenvalue weighted by Crippen LogP contribution is 2.48. The number of aliphatic imine (C=N–C) groups is 1. The maximum atomic E-state index is 4.89. The molecule has 1 heterocycles. The van der Waals surface area contributed by atoms with Crippen LogP contribution in [0.4, 0.5) is 0 Å². The van der Waals surface area contributed by atoms with Gasteiger partial charge in [-0.05, 0) is 63.3 Å². The number of nitrogens with one attached hydrogen (secondary N) is 2. The Bertz CT molecular complexity index is 826. The zero-order chi connectivity index (χ0) is 19.4. The lowest BCUT2D eigenvalue weighted by Gasteiger charge is -2.16. The van der Waals surface area contributed by atoms with E-state index in [1.807, 2.05) is 11.7 Å². The fourth-order valence-corrected chi connectivity index (χ4v) is 3.96. The Kier molecular flexibility index (Phi) is 8.36. The third-order valence-corrected chi connectivity index (χ3v) is 5.99. The molecule has 0 radical (unpaired) electrons. The summed E-state index contributed by atoms with van der Waals surface area (Å²) in [7, 11) is 2.00. The van der Waals surface area contributed by atoms with Crippen LogP contribution in [0, 0.1) is 13.8 Å². The fraction of sp³-hybridized carbons (Fsp3) is 0.524. The summed E-state index contributed by atoms with van der Waals surface area (Å²) in [5, 5.41) is 11.4. The van der Waals surface area contributed by atoms with Crippen LogP contribution < -0.4 is 10.6 Å². The summed E-state index contributed by atoms with van der Waals surface area (Å²) in [4.78, 5) is 4.89. The van der Waals surface area contributed by atoms with Crippen LogP contribution in [-0.4, -0.2) is 35.4 Å². The molecule has 2 aromatic rings. The van der Waals surface area contributed by atoms with E-state index < -0.39 is 0 Å². The van der Waals surface area contributed by atoms with Crippen LogP contribution in [0.25, 0.3) is 0 Å². The molecule has 0 bridgehead atoms. The number of aryl methyl sites for hydroxylation is 2. The molecule has 1 saturated carbocycles. The van der Waals surface area contributed by atoms with E-state index in [2.05, 4.69) is 76.7 Å². The van der Waals surface area contributed by atoms with Gasteiger partial charge in [-0.1, -0.05) is 28.1 Å². The van der Waals surface area contributed by atoms with Crippen molar-refractivity contribution in [2.75, 3.05) is 19.6 Å². The summed E-state index contributed by atoms with van der Waals surface area (Å²) < 4.78 is 3.10. The first-order chi connectivity index (χ1) is 12.9. The Morgan fingerprint density at radius 3 is 2.61 bits per heavy atom. The number of aromatic nitrogens is 2. The molecule has 1 aliphatic rings. The zero-order valence-electron chi connectivity index (χ0n) is 17.2. The van der Waals surface area contributed by atoms with Gasteiger partial charge in [-0.2, -0.15) is 5.10 Å². The highest BCUT2D eigenvalue weighted by molar-refractivity contribution is 14.0. The minimum absolute atomic E-state index is 0. The van der Waals surface area contributed by atoms with Gasteiger partial charge < -0.3 is 10.6 Å². The maximum absolute atomic E-state index is 4.89. The monoisotopic (exact) mass is 559 g/mol. The minimum Gasteiger partial charge on any atom is -0.357 e. The van der Waals surface area contributed by atoms with Gasteiger partial charge >= 0.3 is 0 Å². The van der Waals surface area contributed by atoms with Crippen LogP contribution in [0.2, 0.25) is 0 Å². The van der Waals surface area contributed by atoms with Crippen molar-refractivity contribution in [3.8, 4) is 0 Å². The highest BCUT2D eigenvalue weighted by Gasteiger charge is 2.44. The van der Waals surface area contributed by atoms with Crippen LogP contribution >= 0.6 is 39.9 Å². The molecule has 1 aromatic carbocycles. The molecule has 154 valence electrons. The second-order valence-corrected chi connectivity index (χ2v) is 8.35. The molecule has 1 fully saturated rings. The predicted molar refractivity (Wildman–Crippen MR) is 131 cm³/mol. The lowest BCUT2D eigenvalue weighted by atomic mass is 9.96. The van der Waals surface area contributed by atoms with Crippen LogP contribution in [-0.2, 0) is 18.9 Å². The zero-order valence-corrected chi connectivity index (χ0v) is 21.1. The molecule has 28 heavy (non-hydrogen) atoms. The topological polar surface area (TPSA) is 54.2 Å². The van der Waals surface area contributed by atoms with Crippen molar-refractivity contribution < 1.29 is 0 Å². The van der Waals surface area contributed by atoms with Gasteiger partial charge in [0.1, 0.15) is 0 Å². The van der Waals surface area contributed by atoms with Crippen LogP contribution in [0.3, 0.4) is 0 Å². The number of hydrogen-bond donors (Lipinski definition) is 2. The van der Waals surface area contributed by atoms with Gasteiger partial charge in [0, 0.05) is 35.7 Å². The van der Waals surface area contributed by atoms with E-state index >= 15 is 0 Å². The number of nitrogens with zero attached hydrogens (tertiary/aromatic N) is 3. The summed E-state index contributed by atoms with van der Waals surface area (Å²) in [5.74, 6) is 0.901. The lowest BCUT2D eigenvalue weighted by molar-refractivity contribution is 0.691. The number of hydrogen-bond acceptors (Lipinski definition) is 2. The standard InChI is InChI=1S/C21H30BrN5.HI/c1-5-23-20(24-12-9-19-15(2)26-27(4)16(19)3)25-14-21(10-11-21)17-7-6-8-18(22)13-17;/h6-8,13H,5,9-12,14H2,1-4H3,(H2,23,24,25);1H. The van der Waals surface area contributed by atoms with Crippen molar-refractivity contribution in [2.45, 2.75) is 45.4 Å². The molecule has 1 aromatic heterocycles. The van der Waals surface area contributed by atoms with Crippen molar-refractivity contribution in [1.29, 1.82) is 0 Å². The Balaban J connectivity index is 0.00000280. The quantitative estimate of drug-likeness (QED) is 0.303. The van der Waals surface area contributed by atoms with Crippen molar-refractivity contribution in [3.63, 3.8) is 0 Å². The molecule has 3 rings (SSSR count). The maximum Gasteiger partial charge on any atom is 0.191 e. The van der Waals surface area contributed by atoms with E-state index in [1.165, 1.54) is 29.7 Å². The average Bonchev–Trinajstić information content (AvgIpc) is 3.39. The van der Waals surface area contributed by atoms with Crippen molar-refractivity contribution in [3.05, 3.63) is 51.3 Å². The number of guanidine groups is 1. The van der Waals surface area contributed by atoms with Crippen molar-refractivity contribution in [1.82, 2.24) is 20.4 Å². The molecule has 2 N–H and O–H groups in total. The molecule has 0 unspecified atom stereocenters. The average molecular weight is 560 g/mol. The molecule has 0 spiro atoms. The largest absolute Gasteiger partial charge is 0.357 e. The van der Waals surface area contributed by atoms with E-state index in [-0.39, 0.29) is 29.4 Å².